The number of halogens is 3. The van der Waals surface area contributed by atoms with E-state index in [-0.39, 0.29) is 18.8 Å². The second-order valence-electron chi connectivity index (χ2n) is 6.97. The fourth-order valence-electron chi connectivity index (χ4n) is 2.54. The maximum Gasteiger partial charge on any atom is 0.432 e. The lowest BCUT2D eigenvalue weighted by molar-refractivity contribution is -0.142. The highest BCUT2D eigenvalue weighted by Crippen LogP contribution is 2.33. The Morgan fingerprint density at radius 2 is 2.03 bits per heavy atom. The third-order valence-electron chi connectivity index (χ3n) is 4.12. The number of nitrogens with zero attached hydrogens (tertiary/aromatic N) is 1. The molecule has 5 nitrogen and oxygen atoms in total. The first-order valence-corrected chi connectivity index (χ1v) is 11.7. The van der Waals surface area contributed by atoms with Crippen molar-refractivity contribution in [1.29, 1.82) is 5.41 Å². The van der Waals surface area contributed by atoms with Crippen LogP contribution in [0.15, 0.2) is 47.4 Å². The van der Waals surface area contributed by atoms with E-state index in [1.54, 1.807) is 17.8 Å². The maximum atomic E-state index is 13.0. The molecule has 1 aromatic heterocycles. The van der Waals surface area contributed by atoms with Crippen LogP contribution >= 0.6 is 23.1 Å². The molecule has 0 atom stereocenters. The van der Waals surface area contributed by atoms with Gasteiger partial charge in [0.25, 0.3) is 0 Å². The van der Waals surface area contributed by atoms with Crippen molar-refractivity contribution in [1.82, 2.24) is 10.2 Å². The molecule has 0 unspecified atom stereocenters. The molecule has 32 heavy (non-hydrogen) atoms. The van der Waals surface area contributed by atoms with Gasteiger partial charge in [-0.3, -0.25) is 10.2 Å². The number of likely N-dealkylation sites (N-methyl/N-ethyl adjacent to an activating group) is 1. The number of benzene rings is 1. The summed E-state index contributed by atoms with van der Waals surface area (Å²) in [6, 6.07) is 11.4. The van der Waals surface area contributed by atoms with Crippen molar-refractivity contribution in [3.63, 3.8) is 0 Å². The molecule has 1 heterocycles. The Labute approximate surface area is 194 Å². The number of thiophene rings is 1. The predicted molar refractivity (Wildman–Crippen MR) is 125 cm³/mol. The number of hydrogen-bond acceptors (Lipinski definition) is 7. The largest absolute Gasteiger partial charge is 0.463 e. The minimum atomic E-state index is -4.79. The van der Waals surface area contributed by atoms with Gasteiger partial charge in [-0.1, -0.05) is 19.1 Å². The molecule has 2 N–H and O–H groups in total. The first-order valence-electron chi connectivity index (χ1n) is 9.85. The third kappa shape index (κ3) is 8.33. The maximum absolute atomic E-state index is 13.0. The number of thioether (sulfide) groups is 1. The second-order valence-corrected chi connectivity index (χ2v) is 9.39. The number of nitrogens with one attached hydrogen (secondary N) is 2. The lowest BCUT2D eigenvalue weighted by Crippen LogP contribution is -2.28. The molecule has 0 amide bonds. The zero-order valence-corrected chi connectivity index (χ0v) is 19.7. The van der Waals surface area contributed by atoms with E-state index in [2.05, 4.69) is 12.2 Å². The predicted octanol–water partition coefficient (Wildman–Crippen LogP) is 5.14. The highest BCUT2D eigenvalue weighted by molar-refractivity contribution is 7.99. The molecule has 0 fully saturated rings. The molecule has 0 radical (unpaired) electrons. The first kappa shape index (κ1) is 26.0. The molecule has 174 valence electrons. The fourth-order valence-corrected chi connectivity index (χ4v) is 4.25. The lowest BCUT2D eigenvalue weighted by Gasteiger charge is -2.13. The van der Waals surface area contributed by atoms with Gasteiger partial charge < -0.3 is 15.0 Å². The number of rotatable bonds is 11. The van der Waals surface area contributed by atoms with Gasteiger partial charge in [0, 0.05) is 16.3 Å². The molecule has 1 aromatic carbocycles. The van der Waals surface area contributed by atoms with Gasteiger partial charge in [-0.25, -0.2) is 0 Å². The highest BCUT2D eigenvalue weighted by Gasteiger charge is 2.33. The van der Waals surface area contributed by atoms with Gasteiger partial charge in [-0.2, -0.15) is 13.2 Å². The van der Waals surface area contributed by atoms with Crippen molar-refractivity contribution in [2.75, 3.05) is 39.5 Å². The van der Waals surface area contributed by atoms with Crippen LogP contribution < -0.4 is 5.32 Å². The summed E-state index contributed by atoms with van der Waals surface area (Å²) >= 11 is 2.99. The highest BCUT2D eigenvalue weighted by atomic mass is 32.2. The van der Waals surface area contributed by atoms with E-state index in [0.29, 0.717) is 17.5 Å². The van der Waals surface area contributed by atoms with Crippen molar-refractivity contribution in [3.8, 4) is 10.4 Å². The van der Waals surface area contributed by atoms with Crippen LogP contribution in [-0.4, -0.2) is 62.3 Å². The van der Waals surface area contributed by atoms with Crippen molar-refractivity contribution in [2.45, 2.75) is 18.0 Å². The van der Waals surface area contributed by atoms with E-state index in [0.717, 1.165) is 21.1 Å². The Bertz CT molecular complexity index is 956. The van der Waals surface area contributed by atoms with Crippen LogP contribution in [0.1, 0.15) is 11.8 Å². The van der Waals surface area contributed by atoms with Crippen molar-refractivity contribution >= 4 is 40.5 Å². The quantitative estimate of drug-likeness (QED) is 0.262. The number of carbonyl (C=O) groups excluding carboxylic acids is 1. The number of ether oxygens (including phenoxy) is 1. The van der Waals surface area contributed by atoms with Gasteiger partial charge in [0.15, 0.2) is 0 Å². The average molecular weight is 486 g/mol. The van der Waals surface area contributed by atoms with Crippen molar-refractivity contribution in [3.05, 3.63) is 47.4 Å². The smallest absolute Gasteiger partial charge is 0.432 e. The van der Waals surface area contributed by atoms with Gasteiger partial charge in [0.2, 0.25) is 0 Å². The third-order valence-corrected chi connectivity index (χ3v) is 6.16. The minimum absolute atomic E-state index is 0.0484. The van der Waals surface area contributed by atoms with E-state index in [9.17, 15) is 18.0 Å². The summed E-state index contributed by atoms with van der Waals surface area (Å²) in [5.41, 5.74) is -0.502. The fraction of sp³-hybridized carbons (Fsp3) is 0.364. The van der Waals surface area contributed by atoms with E-state index in [1.807, 2.05) is 49.3 Å². The zero-order chi connectivity index (χ0) is 23.7. The van der Waals surface area contributed by atoms with E-state index in [4.69, 9.17) is 10.1 Å². The summed E-state index contributed by atoms with van der Waals surface area (Å²) in [4.78, 5) is 16.3. The Balaban J connectivity index is 2.21. The van der Waals surface area contributed by atoms with Crippen LogP contribution in [0.3, 0.4) is 0 Å². The van der Waals surface area contributed by atoms with Crippen LogP contribution in [0, 0.1) is 5.41 Å². The Morgan fingerprint density at radius 3 is 2.69 bits per heavy atom. The van der Waals surface area contributed by atoms with E-state index >= 15 is 0 Å². The summed E-state index contributed by atoms with van der Waals surface area (Å²) < 4.78 is 44.0. The molecular formula is C22H26F3N3O2S2. The summed E-state index contributed by atoms with van der Waals surface area (Å²) in [7, 11) is 3.67. The normalized spacial score (nSPS) is 12.2. The van der Waals surface area contributed by atoms with Gasteiger partial charge in [-0.05, 0) is 55.8 Å². The summed E-state index contributed by atoms with van der Waals surface area (Å²) in [5.74, 6) is 0.345. The van der Waals surface area contributed by atoms with E-state index in [1.165, 1.54) is 11.3 Å². The molecule has 2 aromatic rings. The van der Waals surface area contributed by atoms with Crippen LogP contribution in [0.2, 0.25) is 0 Å². The second kappa shape index (κ2) is 12.1. The van der Waals surface area contributed by atoms with Gasteiger partial charge in [-0.15, -0.1) is 23.1 Å². The molecule has 10 heteroatoms. The molecule has 0 bridgehead atoms. The lowest BCUT2D eigenvalue weighted by atomic mass is 10.2. The van der Waals surface area contributed by atoms with Crippen LogP contribution in [0.5, 0.6) is 0 Å². The average Bonchev–Trinajstić information content (AvgIpc) is 3.20. The molecule has 0 aliphatic heterocycles. The zero-order valence-electron chi connectivity index (χ0n) is 18.1. The van der Waals surface area contributed by atoms with Gasteiger partial charge in [0.05, 0.1) is 10.6 Å². The summed E-state index contributed by atoms with van der Waals surface area (Å²) in [6.45, 7) is 2.47. The Kier molecular flexibility index (Phi) is 9.80. The number of esters is 1. The van der Waals surface area contributed by atoms with Crippen molar-refractivity contribution < 1.29 is 22.7 Å². The summed E-state index contributed by atoms with van der Waals surface area (Å²) in [6.07, 6.45) is -4.09. The number of hydrogen-bond donors (Lipinski definition) is 2. The Hall–Kier alpha value is -2.30. The minimum Gasteiger partial charge on any atom is -0.463 e. The Morgan fingerprint density at radius 1 is 1.28 bits per heavy atom. The molecular weight excluding hydrogens is 459 g/mol. The van der Waals surface area contributed by atoms with Crippen LogP contribution in [0.4, 0.5) is 13.2 Å². The standard InChI is InChI=1S/C22H26F3N3O2S2/c1-4-31-16-7-5-6-15(12-16)18-8-9-19(32-18)17(13-20(26)22(23,24)25)27-14-21(29)30-11-10-28(2)3/h5-9,12-13,26-27H,4,10-11,14H2,1-3H3/b17-13-,26-20?. The molecule has 2 rings (SSSR count). The van der Waals surface area contributed by atoms with Crippen LogP contribution in [0.25, 0.3) is 16.1 Å². The molecule has 0 saturated heterocycles. The molecule has 0 spiro atoms. The van der Waals surface area contributed by atoms with Gasteiger partial charge in [0.1, 0.15) is 18.9 Å². The van der Waals surface area contributed by atoms with Crippen LogP contribution in [-0.2, 0) is 9.53 Å². The first-order chi connectivity index (χ1) is 15.1. The molecule has 0 saturated carbocycles. The number of allylic oxidation sites excluding steroid dienone is 1. The van der Waals surface area contributed by atoms with E-state index < -0.39 is 17.9 Å². The SMILES string of the molecule is CCSc1cccc(-c2ccc(/C(=C/C(=N)C(F)(F)F)NCC(=O)OCCN(C)C)s2)c1. The van der Waals surface area contributed by atoms with Crippen molar-refractivity contribution in [2.24, 2.45) is 0 Å². The molecule has 0 aliphatic carbocycles. The topological polar surface area (TPSA) is 65.4 Å². The monoisotopic (exact) mass is 485 g/mol. The number of carbonyl (C=O) groups is 1. The summed E-state index contributed by atoms with van der Waals surface area (Å²) in [5, 5.41) is 10.1. The van der Waals surface area contributed by atoms with Gasteiger partial charge >= 0.3 is 12.1 Å². The number of alkyl halides is 3. The molecule has 0 aliphatic rings.